The van der Waals surface area contributed by atoms with E-state index in [1.807, 2.05) is 26.0 Å². The van der Waals surface area contributed by atoms with Crippen LogP contribution in [0.15, 0.2) is 42.5 Å². The van der Waals surface area contributed by atoms with E-state index in [2.05, 4.69) is 0 Å². The number of benzene rings is 2. The number of carbonyl (C=O) groups excluding carboxylic acids is 3. The lowest BCUT2D eigenvalue weighted by molar-refractivity contribution is -0.147. The molecule has 0 aliphatic carbocycles. The maximum absolute atomic E-state index is 12.5. The van der Waals surface area contributed by atoms with Gasteiger partial charge in [0.1, 0.15) is 11.5 Å². The molecule has 1 aliphatic rings. The molecular formula is C23H25NO6. The number of rotatable bonds is 8. The molecule has 0 N–H and O–H groups in total. The third-order valence-corrected chi connectivity index (χ3v) is 4.92. The third-order valence-electron chi connectivity index (χ3n) is 4.92. The molecule has 0 saturated carbocycles. The van der Waals surface area contributed by atoms with E-state index in [4.69, 9.17) is 14.2 Å². The molecule has 0 spiro atoms. The fourth-order valence-corrected chi connectivity index (χ4v) is 3.35. The molecular weight excluding hydrogens is 386 g/mol. The number of ketones is 1. The van der Waals surface area contributed by atoms with E-state index >= 15 is 0 Å². The van der Waals surface area contributed by atoms with Crippen LogP contribution in [-0.4, -0.2) is 44.5 Å². The van der Waals surface area contributed by atoms with Gasteiger partial charge in [-0.25, -0.2) is 0 Å². The summed E-state index contributed by atoms with van der Waals surface area (Å²) in [4.78, 5) is 38.8. The summed E-state index contributed by atoms with van der Waals surface area (Å²) < 4.78 is 15.9. The largest absolute Gasteiger partial charge is 0.495 e. The first-order valence-corrected chi connectivity index (χ1v) is 9.80. The number of methoxy groups -OCH3 is 1. The minimum absolute atomic E-state index is 0.0349. The zero-order chi connectivity index (χ0) is 21.7. The average molecular weight is 411 g/mol. The fraction of sp³-hybridized carbons (Fsp3) is 0.348. The van der Waals surface area contributed by atoms with Gasteiger partial charge in [-0.05, 0) is 55.8 Å². The van der Waals surface area contributed by atoms with Crippen LogP contribution in [0.1, 0.15) is 29.3 Å². The van der Waals surface area contributed by atoms with Crippen molar-refractivity contribution >= 4 is 23.3 Å². The molecule has 158 valence electrons. The Balaban J connectivity index is 1.59. The number of amides is 1. The van der Waals surface area contributed by atoms with E-state index < -0.39 is 11.9 Å². The normalized spacial score (nSPS) is 15.8. The van der Waals surface area contributed by atoms with Crippen LogP contribution < -0.4 is 14.4 Å². The number of hydrogen-bond donors (Lipinski definition) is 0. The van der Waals surface area contributed by atoms with E-state index in [-0.39, 0.29) is 31.3 Å². The van der Waals surface area contributed by atoms with E-state index in [9.17, 15) is 14.4 Å². The van der Waals surface area contributed by atoms with Crippen molar-refractivity contribution < 1.29 is 28.6 Å². The van der Waals surface area contributed by atoms with Crippen molar-refractivity contribution in [3.05, 3.63) is 53.6 Å². The summed E-state index contributed by atoms with van der Waals surface area (Å²) in [5.41, 5.74) is 2.04. The van der Waals surface area contributed by atoms with Crippen LogP contribution in [0.5, 0.6) is 11.5 Å². The monoisotopic (exact) mass is 411 g/mol. The molecule has 2 aromatic carbocycles. The third kappa shape index (κ3) is 4.79. The van der Waals surface area contributed by atoms with Gasteiger partial charge >= 0.3 is 5.97 Å². The molecule has 1 fully saturated rings. The Morgan fingerprint density at radius 1 is 1.13 bits per heavy atom. The van der Waals surface area contributed by atoms with E-state index in [0.29, 0.717) is 29.4 Å². The highest BCUT2D eigenvalue weighted by Gasteiger charge is 2.37. The summed E-state index contributed by atoms with van der Waals surface area (Å²) in [6.07, 6.45) is 0.0349. The highest BCUT2D eigenvalue weighted by atomic mass is 16.5. The minimum Gasteiger partial charge on any atom is -0.495 e. The van der Waals surface area contributed by atoms with Crippen LogP contribution in [0.4, 0.5) is 5.69 Å². The van der Waals surface area contributed by atoms with Crippen LogP contribution in [0.25, 0.3) is 0 Å². The van der Waals surface area contributed by atoms with Crippen molar-refractivity contribution in [3.63, 3.8) is 0 Å². The summed E-state index contributed by atoms with van der Waals surface area (Å²) in [5, 5.41) is 0. The Hall–Kier alpha value is -3.35. The molecule has 1 atom stereocenters. The Morgan fingerprint density at radius 2 is 1.87 bits per heavy atom. The number of anilines is 1. The lowest BCUT2D eigenvalue weighted by atomic mass is 10.1. The topological polar surface area (TPSA) is 82.1 Å². The van der Waals surface area contributed by atoms with Gasteiger partial charge in [0.15, 0.2) is 12.4 Å². The molecule has 7 heteroatoms. The van der Waals surface area contributed by atoms with Crippen molar-refractivity contribution in [3.8, 4) is 11.5 Å². The van der Waals surface area contributed by atoms with Gasteiger partial charge in [-0.3, -0.25) is 14.4 Å². The maximum atomic E-state index is 12.5. The number of esters is 1. The number of aryl methyl sites for hydroxylation is 1. The first kappa shape index (κ1) is 21.4. The molecule has 0 aromatic heterocycles. The van der Waals surface area contributed by atoms with Crippen LogP contribution in [0.3, 0.4) is 0 Å². The van der Waals surface area contributed by atoms with Crippen molar-refractivity contribution in [2.45, 2.75) is 20.3 Å². The minimum atomic E-state index is -0.629. The van der Waals surface area contributed by atoms with Crippen molar-refractivity contribution in [1.82, 2.24) is 0 Å². The van der Waals surface area contributed by atoms with Crippen LogP contribution >= 0.6 is 0 Å². The van der Waals surface area contributed by atoms with Crippen molar-refractivity contribution in [1.29, 1.82) is 0 Å². The predicted octanol–water partition coefficient (Wildman–Crippen LogP) is 3.18. The van der Waals surface area contributed by atoms with Gasteiger partial charge in [0.05, 0.1) is 25.3 Å². The quantitative estimate of drug-likeness (QED) is 0.490. The zero-order valence-electron chi connectivity index (χ0n) is 17.3. The van der Waals surface area contributed by atoms with Gasteiger partial charge in [0.25, 0.3) is 0 Å². The van der Waals surface area contributed by atoms with Gasteiger partial charge in [-0.1, -0.05) is 6.07 Å². The van der Waals surface area contributed by atoms with Crippen molar-refractivity contribution in [2.24, 2.45) is 5.92 Å². The van der Waals surface area contributed by atoms with Crippen LogP contribution in [-0.2, 0) is 14.3 Å². The van der Waals surface area contributed by atoms with Crippen LogP contribution in [0.2, 0.25) is 0 Å². The lowest BCUT2D eigenvalue weighted by Gasteiger charge is -2.20. The molecule has 30 heavy (non-hydrogen) atoms. The lowest BCUT2D eigenvalue weighted by Crippen LogP contribution is -2.27. The second-order valence-corrected chi connectivity index (χ2v) is 7.07. The maximum Gasteiger partial charge on any atom is 0.311 e. The molecule has 1 amide bonds. The fourth-order valence-electron chi connectivity index (χ4n) is 3.35. The standard InChI is InChI=1S/C23H25NO6/c1-4-29-18-8-6-16(7-9-18)20(25)14-30-23(27)17-12-22(26)24(13-17)19-11-15(2)5-10-21(19)28-3/h5-11,17H,4,12-14H2,1-3H3/t17-/m1/s1. The molecule has 2 aromatic rings. The second kappa shape index (κ2) is 9.43. The van der Waals surface area contributed by atoms with Crippen LogP contribution in [0, 0.1) is 12.8 Å². The molecule has 0 radical (unpaired) electrons. The summed E-state index contributed by atoms with van der Waals surface area (Å²) in [7, 11) is 1.53. The van der Waals surface area contributed by atoms with Crippen molar-refractivity contribution in [2.75, 3.05) is 31.8 Å². The first-order chi connectivity index (χ1) is 14.4. The summed E-state index contributed by atoms with van der Waals surface area (Å²) in [6.45, 7) is 4.15. The molecule has 1 saturated heterocycles. The second-order valence-electron chi connectivity index (χ2n) is 7.07. The SMILES string of the molecule is CCOc1ccc(C(=O)COC(=O)[C@@H]2CC(=O)N(c3cc(C)ccc3OC)C2)cc1. The highest BCUT2D eigenvalue weighted by molar-refractivity contribution is 6.01. The van der Waals surface area contributed by atoms with Gasteiger partial charge in [-0.15, -0.1) is 0 Å². The molecule has 0 bridgehead atoms. The number of nitrogens with zero attached hydrogens (tertiary/aromatic N) is 1. The smallest absolute Gasteiger partial charge is 0.311 e. The summed E-state index contributed by atoms with van der Waals surface area (Å²) in [5.74, 6) is -0.449. The van der Waals surface area contributed by atoms with E-state index in [0.717, 1.165) is 5.56 Å². The van der Waals surface area contributed by atoms with Gasteiger partial charge < -0.3 is 19.1 Å². The Bertz CT molecular complexity index is 937. The Morgan fingerprint density at radius 3 is 2.53 bits per heavy atom. The molecule has 7 nitrogen and oxygen atoms in total. The van der Waals surface area contributed by atoms with E-state index in [1.54, 1.807) is 30.3 Å². The number of hydrogen-bond acceptors (Lipinski definition) is 6. The Kier molecular flexibility index (Phi) is 6.72. The molecule has 3 rings (SSSR count). The highest BCUT2D eigenvalue weighted by Crippen LogP contribution is 2.34. The van der Waals surface area contributed by atoms with Gasteiger partial charge in [0, 0.05) is 18.5 Å². The molecule has 1 heterocycles. The number of carbonyl (C=O) groups is 3. The van der Waals surface area contributed by atoms with Gasteiger partial charge in [0.2, 0.25) is 5.91 Å². The summed E-state index contributed by atoms with van der Waals surface area (Å²) in [6, 6.07) is 12.2. The summed E-state index contributed by atoms with van der Waals surface area (Å²) >= 11 is 0. The first-order valence-electron chi connectivity index (χ1n) is 9.80. The number of Topliss-reactive ketones (excluding diaryl/α,β-unsaturated/α-hetero) is 1. The predicted molar refractivity (Wildman–Crippen MR) is 111 cm³/mol. The Labute approximate surface area is 175 Å². The average Bonchev–Trinajstić information content (AvgIpc) is 3.14. The van der Waals surface area contributed by atoms with Gasteiger partial charge in [-0.2, -0.15) is 0 Å². The molecule has 1 aliphatic heterocycles. The number of ether oxygens (including phenoxy) is 3. The zero-order valence-corrected chi connectivity index (χ0v) is 17.3. The van der Waals surface area contributed by atoms with E-state index in [1.165, 1.54) is 12.0 Å². The molecule has 0 unspecified atom stereocenters.